The number of aliphatic hydroxyl groups is 1. The van der Waals surface area contributed by atoms with Crippen LogP contribution < -0.4 is 0 Å². The molecule has 0 saturated heterocycles. The van der Waals surface area contributed by atoms with Crippen molar-refractivity contribution >= 4 is 5.78 Å². The van der Waals surface area contributed by atoms with Crippen LogP contribution in [0.25, 0.3) is 0 Å². The van der Waals surface area contributed by atoms with Crippen molar-refractivity contribution in [3.63, 3.8) is 0 Å². The van der Waals surface area contributed by atoms with Gasteiger partial charge in [-0.3, -0.25) is 4.79 Å². The predicted molar refractivity (Wildman–Crippen MR) is 39.0 cm³/mol. The number of furan rings is 1. The van der Waals surface area contributed by atoms with E-state index < -0.39 is 0 Å². The fourth-order valence-corrected chi connectivity index (χ4v) is 0.848. The Labute approximate surface area is 64.6 Å². The molecule has 1 N–H and O–H groups in total. The van der Waals surface area contributed by atoms with Gasteiger partial charge in [-0.05, 0) is 19.1 Å². The summed E-state index contributed by atoms with van der Waals surface area (Å²) in [6, 6.07) is 3.37. The Hall–Kier alpha value is -1.09. The van der Waals surface area contributed by atoms with Crippen LogP contribution >= 0.6 is 0 Å². The van der Waals surface area contributed by atoms with Gasteiger partial charge in [-0.1, -0.05) is 0 Å². The molecular formula is C8H10O3. The molecule has 0 amide bonds. The lowest BCUT2D eigenvalue weighted by atomic mass is 10.2. The van der Waals surface area contributed by atoms with Gasteiger partial charge in [-0.2, -0.15) is 0 Å². The molecule has 11 heavy (non-hydrogen) atoms. The lowest BCUT2D eigenvalue weighted by Crippen LogP contribution is -1.93. The van der Waals surface area contributed by atoms with Crippen LogP contribution in [-0.2, 0) is 17.8 Å². The van der Waals surface area contributed by atoms with Crippen molar-refractivity contribution < 1.29 is 14.3 Å². The van der Waals surface area contributed by atoms with Crippen LogP contribution in [0.4, 0.5) is 0 Å². The van der Waals surface area contributed by atoms with E-state index in [1.54, 1.807) is 12.1 Å². The minimum Gasteiger partial charge on any atom is -0.463 e. The molecule has 1 aromatic rings. The Morgan fingerprint density at radius 3 is 2.64 bits per heavy atom. The summed E-state index contributed by atoms with van der Waals surface area (Å²) in [6.07, 6.45) is 0.306. The Kier molecular flexibility index (Phi) is 2.44. The van der Waals surface area contributed by atoms with E-state index in [0.29, 0.717) is 17.9 Å². The van der Waals surface area contributed by atoms with Crippen LogP contribution in [0.5, 0.6) is 0 Å². The average Bonchev–Trinajstić information content (AvgIpc) is 2.34. The highest BCUT2D eigenvalue weighted by Gasteiger charge is 2.02. The second-order valence-electron chi connectivity index (χ2n) is 2.40. The third-order valence-electron chi connectivity index (χ3n) is 1.30. The molecule has 3 heteroatoms. The van der Waals surface area contributed by atoms with E-state index in [1.165, 1.54) is 6.92 Å². The monoisotopic (exact) mass is 154 g/mol. The quantitative estimate of drug-likeness (QED) is 0.703. The van der Waals surface area contributed by atoms with Crippen molar-refractivity contribution in [1.29, 1.82) is 0 Å². The zero-order valence-electron chi connectivity index (χ0n) is 6.33. The molecule has 0 aliphatic rings. The molecule has 0 spiro atoms. The summed E-state index contributed by atoms with van der Waals surface area (Å²) in [5.74, 6) is 1.17. The molecule has 0 radical (unpaired) electrons. The fourth-order valence-electron chi connectivity index (χ4n) is 0.848. The van der Waals surface area contributed by atoms with Gasteiger partial charge in [0.05, 0.1) is 6.42 Å². The smallest absolute Gasteiger partial charge is 0.137 e. The summed E-state index contributed by atoms with van der Waals surface area (Å²) in [5.41, 5.74) is 0. The van der Waals surface area contributed by atoms with Crippen LogP contribution in [0.15, 0.2) is 16.5 Å². The average molecular weight is 154 g/mol. The highest BCUT2D eigenvalue weighted by atomic mass is 16.4. The van der Waals surface area contributed by atoms with Gasteiger partial charge in [0.2, 0.25) is 0 Å². The van der Waals surface area contributed by atoms with Crippen LogP contribution in [-0.4, -0.2) is 10.9 Å². The van der Waals surface area contributed by atoms with Gasteiger partial charge in [-0.25, -0.2) is 0 Å². The molecule has 0 aliphatic carbocycles. The van der Waals surface area contributed by atoms with Gasteiger partial charge in [-0.15, -0.1) is 0 Å². The van der Waals surface area contributed by atoms with E-state index in [-0.39, 0.29) is 12.4 Å². The van der Waals surface area contributed by atoms with Gasteiger partial charge in [0.1, 0.15) is 23.9 Å². The maximum Gasteiger partial charge on any atom is 0.137 e. The van der Waals surface area contributed by atoms with Crippen LogP contribution in [0.1, 0.15) is 18.4 Å². The van der Waals surface area contributed by atoms with Crippen molar-refractivity contribution in [2.75, 3.05) is 0 Å². The van der Waals surface area contributed by atoms with E-state index in [9.17, 15) is 4.79 Å². The largest absolute Gasteiger partial charge is 0.463 e. The maximum atomic E-state index is 10.6. The van der Waals surface area contributed by atoms with Crippen LogP contribution in [0.3, 0.4) is 0 Å². The summed E-state index contributed by atoms with van der Waals surface area (Å²) in [4.78, 5) is 10.6. The first-order chi connectivity index (χ1) is 5.22. The first kappa shape index (κ1) is 8.01. The lowest BCUT2D eigenvalue weighted by Gasteiger charge is -1.89. The second-order valence-corrected chi connectivity index (χ2v) is 2.40. The molecule has 0 bridgehead atoms. The summed E-state index contributed by atoms with van der Waals surface area (Å²) in [6.45, 7) is 1.39. The number of hydrogen-bond donors (Lipinski definition) is 1. The van der Waals surface area contributed by atoms with Crippen molar-refractivity contribution in [2.45, 2.75) is 20.0 Å². The number of hydrogen-bond acceptors (Lipinski definition) is 3. The molecule has 0 unspecified atom stereocenters. The van der Waals surface area contributed by atoms with E-state index in [2.05, 4.69) is 0 Å². The zero-order valence-corrected chi connectivity index (χ0v) is 6.33. The molecule has 1 aromatic heterocycles. The third-order valence-corrected chi connectivity index (χ3v) is 1.30. The first-order valence-electron chi connectivity index (χ1n) is 3.40. The van der Waals surface area contributed by atoms with Crippen molar-refractivity contribution in [3.8, 4) is 0 Å². The number of aliphatic hydroxyl groups excluding tert-OH is 1. The molecule has 0 aliphatic heterocycles. The summed E-state index contributed by atoms with van der Waals surface area (Å²) >= 11 is 0. The molecule has 1 rings (SSSR count). The maximum absolute atomic E-state index is 10.6. The zero-order chi connectivity index (χ0) is 8.27. The fraction of sp³-hybridized carbons (Fsp3) is 0.375. The Morgan fingerprint density at radius 2 is 2.18 bits per heavy atom. The van der Waals surface area contributed by atoms with Crippen LogP contribution in [0.2, 0.25) is 0 Å². The van der Waals surface area contributed by atoms with Crippen molar-refractivity contribution in [3.05, 3.63) is 23.7 Å². The number of ketones is 1. The molecule has 1 heterocycles. The number of carbonyl (C=O) groups is 1. The van der Waals surface area contributed by atoms with E-state index in [4.69, 9.17) is 9.52 Å². The summed E-state index contributed by atoms with van der Waals surface area (Å²) < 4.78 is 5.07. The van der Waals surface area contributed by atoms with Crippen LogP contribution in [0, 0.1) is 0 Å². The van der Waals surface area contributed by atoms with E-state index in [1.807, 2.05) is 0 Å². The van der Waals surface area contributed by atoms with Crippen molar-refractivity contribution in [1.82, 2.24) is 0 Å². The Balaban J connectivity index is 2.65. The first-order valence-corrected chi connectivity index (χ1v) is 3.40. The molecule has 60 valence electrons. The topological polar surface area (TPSA) is 50.4 Å². The molecule has 0 aromatic carbocycles. The minimum absolute atomic E-state index is 0.0591. The summed E-state index contributed by atoms with van der Waals surface area (Å²) in [5, 5.41) is 8.61. The number of carbonyl (C=O) groups excluding carboxylic acids is 1. The molecular weight excluding hydrogens is 144 g/mol. The number of rotatable bonds is 3. The highest BCUT2D eigenvalue weighted by molar-refractivity contribution is 5.77. The minimum atomic E-state index is -0.113. The van der Waals surface area contributed by atoms with Gasteiger partial charge >= 0.3 is 0 Å². The Morgan fingerprint density at radius 1 is 1.55 bits per heavy atom. The third kappa shape index (κ3) is 2.20. The van der Waals surface area contributed by atoms with Gasteiger partial charge in [0, 0.05) is 0 Å². The standard InChI is InChI=1S/C8H10O3/c1-6(10)4-7-2-3-8(5-9)11-7/h2-3,9H,4-5H2,1H3. The SMILES string of the molecule is CC(=O)Cc1ccc(CO)o1. The normalized spacial score (nSPS) is 10.0. The molecule has 0 atom stereocenters. The Bertz CT molecular complexity index is 250. The molecule has 0 saturated carbocycles. The molecule has 3 nitrogen and oxygen atoms in total. The van der Waals surface area contributed by atoms with Crippen molar-refractivity contribution in [2.24, 2.45) is 0 Å². The van der Waals surface area contributed by atoms with E-state index >= 15 is 0 Å². The predicted octanol–water partition coefficient (Wildman–Crippen LogP) is 0.903. The number of Topliss-reactive ketones (excluding diaryl/α,β-unsaturated/α-hetero) is 1. The molecule has 0 fully saturated rings. The van der Waals surface area contributed by atoms with E-state index in [0.717, 1.165) is 0 Å². The summed E-state index contributed by atoms with van der Waals surface area (Å²) in [7, 11) is 0. The second kappa shape index (κ2) is 3.34. The van der Waals surface area contributed by atoms with Gasteiger partial charge in [0.25, 0.3) is 0 Å². The lowest BCUT2D eigenvalue weighted by molar-refractivity contribution is -0.116. The highest BCUT2D eigenvalue weighted by Crippen LogP contribution is 2.08. The van der Waals surface area contributed by atoms with Gasteiger partial charge in [0.15, 0.2) is 0 Å². The van der Waals surface area contributed by atoms with Gasteiger partial charge < -0.3 is 9.52 Å².